The molecule has 0 atom stereocenters. The molecule has 3 aromatic rings. The van der Waals surface area contributed by atoms with Gasteiger partial charge in [0.05, 0.1) is 0 Å². The lowest BCUT2D eigenvalue weighted by Gasteiger charge is -2.09. The van der Waals surface area contributed by atoms with Gasteiger partial charge >= 0.3 is 0 Å². The highest BCUT2D eigenvalue weighted by Gasteiger charge is 2.14. The van der Waals surface area contributed by atoms with Crippen molar-refractivity contribution in [3.05, 3.63) is 57.0 Å². The molecule has 0 aromatic heterocycles. The van der Waals surface area contributed by atoms with E-state index in [1.165, 1.54) is 12.1 Å². The summed E-state index contributed by atoms with van der Waals surface area (Å²) in [5.74, 6) is -0.845. The number of hydrogen-bond acceptors (Lipinski definition) is 0. The van der Waals surface area contributed by atoms with Crippen molar-refractivity contribution in [2.24, 2.45) is 0 Å². The van der Waals surface area contributed by atoms with E-state index in [2.05, 4.69) is 31.9 Å². The highest BCUT2D eigenvalue weighted by Crippen LogP contribution is 2.37. The predicted molar refractivity (Wildman–Crippen MR) is 76.8 cm³/mol. The first-order valence-electron chi connectivity index (χ1n) is 5.24. The predicted octanol–water partition coefficient (Wildman–Crippen LogP) is 5.80. The first-order valence-corrected chi connectivity index (χ1v) is 6.82. The Morgan fingerprint density at radius 3 is 2.39 bits per heavy atom. The molecule has 0 nitrogen and oxygen atoms in total. The minimum atomic E-state index is -0.434. The molecule has 0 heterocycles. The van der Waals surface area contributed by atoms with Crippen LogP contribution in [0.4, 0.5) is 8.78 Å². The van der Waals surface area contributed by atoms with Crippen LogP contribution in [0.2, 0.25) is 0 Å². The molecule has 4 heteroatoms. The van der Waals surface area contributed by atoms with E-state index in [1.54, 1.807) is 24.3 Å². The van der Waals surface area contributed by atoms with E-state index in [9.17, 15) is 8.78 Å². The number of hydrogen-bond donors (Lipinski definition) is 0. The average Bonchev–Trinajstić information content (AvgIpc) is 2.35. The van der Waals surface area contributed by atoms with Crippen molar-refractivity contribution in [2.75, 3.05) is 0 Å². The van der Waals surface area contributed by atoms with Gasteiger partial charge < -0.3 is 0 Å². The smallest absolute Gasteiger partial charge is 0.132 e. The first kappa shape index (κ1) is 12.1. The standard InChI is InChI=1S/C14H6Br2F2/c15-9-6-11(18)13-8(14(9)16)5-4-7-2-1-3-10(17)12(7)13/h1-6H. The zero-order chi connectivity index (χ0) is 12.9. The zero-order valence-corrected chi connectivity index (χ0v) is 12.1. The molecule has 0 radical (unpaired) electrons. The van der Waals surface area contributed by atoms with Crippen LogP contribution in [0.15, 0.2) is 45.3 Å². The van der Waals surface area contributed by atoms with Crippen molar-refractivity contribution in [1.82, 2.24) is 0 Å². The van der Waals surface area contributed by atoms with Gasteiger partial charge in [-0.3, -0.25) is 0 Å². The fourth-order valence-corrected chi connectivity index (χ4v) is 3.00. The third kappa shape index (κ3) is 1.67. The number of benzene rings is 3. The molecule has 0 N–H and O–H groups in total. The van der Waals surface area contributed by atoms with Gasteiger partial charge in [-0.05, 0) is 49.4 Å². The fourth-order valence-electron chi connectivity index (χ4n) is 2.14. The third-order valence-corrected chi connectivity index (χ3v) is 4.94. The van der Waals surface area contributed by atoms with Crippen molar-refractivity contribution in [3.63, 3.8) is 0 Å². The normalized spacial score (nSPS) is 11.3. The van der Waals surface area contributed by atoms with E-state index in [-0.39, 0.29) is 0 Å². The summed E-state index contributed by atoms with van der Waals surface area (Å²) < 4.78 is 29.4. The quantitative estimate of drug-likeness (QED) is 0.346. The van der Waals surface area contributed by atoms with Crippen LogP contribution >= 0.6 is 31.9 Å². The molecule has 0 fully saturated rings. The first-order chi connectivity index (χ1) is 8.59. The van der Waals surface area contributed by atoms with E-state index in [0.29, 0.717) is 26.0 Å². The summed E-state index contributed by atoms with van der Waals surface area (Å²) in [5.41, 5.74) is 0. The van der Waals surface area contributed by atoms with Crippen LogP contribution in [0.5, 0.6) is 0 Å². The maximum Gasteiger partial charge on any atom is 0.132 e. The van der Waals surface area contributed by atoms with Crippen LogP contribution in [0, 0.1) is 11.6 Å². The van der Waals surface area contributed by atoms with Gasteiger partial charge in [-0.25, -0.2) is 8.78 Å². The van der Waals surface area contributed by atoms with Gasteiger partial charge in [0, 0.05) is 25.1 Å². The summed E-state index contributed by atoms with van der Waals surface area (Å²) in [4.78, 5) is 0. The lowest BCUT2D eigenvalue weighted by Crippen LogP contribution is -1.88. The number of fused-ring (bicyclic) bond motifs is 3. The van der Waals surface area contributed by atoms with Crippen LogP contribution in [0.1, 0.15) is 0 Å². The molecule has 0 saturated heterocycles. The van der Waals surface area contributed by atoms with Crippen molar-refractivity contribution < 1.29 is 8.78 Å². The summed E-state index contributed by atoms with van der Waals surface area (Å²) in [6.07, 6.45) is 0. The average molecular weight is 372 g/mol. The van der Waals surface area contributed by atoms with Gasteiger partial charge in [-0.2, -0.15) is 0 Å². The largest absolute Gasteiger partial charge is 0.206 e. The van der Waals surface area contributed by atoms with Crippen molar-refractivity contribution in [3.8, 4) is 0 Å². The maximum absolute atomic E-state index is 14.1. The van der Waals surface area contributed by atoms with E-state index in [0.717, 1.165) is 4.47 Å². The second kappa shape index (κ2) is 4.28. The van der Waals surface area contributed by atoms with Gasteiger partial charge in [0.15, 0.2) is 0 Å². The minimum Gasteiger partial charge on any atom is -0.206 e. The van der Waals surface area contributed by atoms with Gasteiger partial charge in [-0.15, -0.1) is 0 Å². The summed E-state index contributed by atoms with van der Waals surface area (Å²) in [6, 6.07) is 9.66. The van der Waals surface area contributed by atoms with Crippen molar-refractivity contribution in [1.29, 1.82) is 0 Å². The van der Waals surface area contributed by atoms with E-state index in [4.69, 9.17) is 0 Å². The topological polar surface area (TPSA) is 0 Å². The van der Waals surface area contributed by atoms with E-state index < -0.39 is 11.6 Å². The second-order valence-corrected chi connectivity index (χ2v) is 5.63. The molecule has 0 unspecified atom stereocenters. The van der Waals surface area contributed by atoms with Gasteiger partial charge in [-0.1, -0.05) is 24.3 Å². The monoisotopic (exact) mass is 370 g/mol. The van der Waals surface area contributed by atoms with Crippen molar-refractivity contribution in [2.45, 2.75) is 0 Å². The molecule has 0 aliphatic rings. The highest BCUT2D eigenvalue weighted by molar-refractivity contribution is 9.13. The summed E-state index contributed by atoms with van der Waals surface area (Å²) in [5, 5.41) is 1.97. The minimum absolute atomic E-state index is 0.306. The molecular formula is C14H6Br2F2. The van der Waals surface area contributed by atoms with Gasteiger partial charge in [0.25, 0.3) is 0 Å². The zero-order valence-electron chi connectivity index (χ0n) is 8.98. The molecule has 0 amide bonds. The molecule has 18 heavy (non-hydrogen) atoms. The van der Waals surface area contributed by atoms with Gasteiger partial charge in [0.2, 0.25) is 0 Å². The summed E-state index contributed by atoms with van der Waals surface area (Å²) in [7, 11) is 0. The Kier molecular flexibility index (Phi) is 2.87. The maximum atomic E-state index is 14.1. The lowest BCUT2D eigenvalue weighted by molar-refractivity contribution is 0.631. The summed E-state index contributed by atoms with van der Waals surface area (Å²) in [6.45, 7) is 0. The van der Waals surface area contributed by atoms with Crippen LogP contribution in [-0.4, -0.2) is 0 Å². The second-order valence-electron chi connectivity index (χ2n) is 3.98. The van der Waals surface area contributed by atoms with Crippen molar-refractivity contribution >= 4 is 53.4 Å². The molecule has 0 aliphatic heterocycles. The molecular weight excluding hydrogens is 366 g/mol. The summed E-state index contributed by atoms with van der Waals surface area (Å²) >= 11 is 6.66. The molecule has 0 saturated carbocycles. The molecule has 0 bridgehead atoms. The molecule has 0 aliphatic carbocycles. The Morgan fingerprint density at radius 1 is 0.833 bits per heavy atom. The lowest BCUT2D eigenvalue weighted by atomic mass is 10.0. The Bertz CT molecular complexity index is 782. The Hall–Kier alpha value is -1.00. The third-order valence-electron chi connectivity index (χ3n) is 2.93. The Balaban J connectivity index is 2.67. The number of rotatable bonds is 0. The molecule has 90 valence electrons. The van der Waals surface area contributed by atoms with Gasteiger partial charge in [0.1, 0.15) is 11.6 Å². The molecule has 0 spiro atoms. The molecule has 3 aromatic carbocycles. The van der Waals surface area contributed by atoms with Crippen LogP contribution in [0.3, 0.4) is 0 Å². The fraction of sp³-hybridized carbons (Fsp3) is 0. The Morgan fingerprint density at radius 2 is 1.61 bits per heavy atom. The van der Waals surface area contributed by atoms with Crippen LogP contribution in [-0.2, 0) is 0 Å². The molecule has 3 rings (SSSR count). The highest BCUT2D eigenvalue weighted by atomic mass is 79.9. The van der Waals surface area contributed by atoms with E-state index in [1.807, 2.05) is 0 Å². The van der Waals surface area contributed by atoms with Crippen LogP contribution in [0.25, 0.3) is 21.5 Å². The SMILES string of the molecule is Fc1cccc2ccc3c(Br)c(Br)cc(F)c3c12. The van der Waals surface area contributed by atoms with Crippen LogP contribution < -0.4 is 0 Å². The Labute approximate surface area is 119 Å². The number of halogens is 4. The van der Waals surface area contributed by atoms with E-state index >= 15 is 0 Å².